The Kier molecular flexibility index (Phi) is 4.92. The Balaban J connectivity index is 1.64. The summed E-state index contributed by atoms with van der Waals surface area (Å²) in [5.74, 6) is -1.12. The van der Waals surface area contributed by atoms with Crippen LogP contribution in [0.3, 0.4) is 0 Å². The maximum absolute atomic E-state index is 12.5. The maximum atomic E-state index is 12.5. The Hall–Kier alpha value is -2.25. The average Bonchev–Trinajstić information content (AvgIpc) is 3.25. The Morgan fingerprint density at radius 1 is 1.38 bits per heavy atom. The van der Waals surface area contributed by atoms with Crippen LogP contribution in [0.1, 0.15) is 50.4 Å². The van der Waals surface area contributed by atoms with Crippen molar-refractivity contribution in [1.29, 1.82) is 0 Å². The van der Waals surface area contributed by atoms with Crippen LogP contribution in [-0.2, 0) is 11.3 Å². The number of carboxylic acids is 1. The smallest absolute Gasteiger partial charge is 0.335 e. The zero-order chi connectivity index (χ0) is 17.1. The molecule has 1 atom stereocenters. The number of nitrogens with zero attached hydrogens (tertiary/aromatic N) is 2. The van der Waals surface area contributed by atoms with E-state index in [1.165, 1.54) is 23.5 Å². The van der Waals surface area contributed by atoms with Gasteiger partial charge in [-0.15, -0.1) is 11.3 Å². The van der Waals surface area contributed by atoms with E-state index in [-0.39, 0.29) is 17.6 Å². The van der Waals surface area contributed by atoms with Gasteiger partial charge in [-0.05, 0) is 30.5 Å². The summed E-state index contributed by atoms with van der Waals surface area (Å²) in [7, 11) is 1.71. The molecule has 0 bridgehead atoms. The van der Waals surface area contributed by atoms with Gasteiger partial charge < -0.3 is 14.7 Å². The molecule has 1 amide bonds. The third-order valence-corrected chi connectivity index (χ3v) is 4.85. The van der Waals surface area contributed by atoms with Crippen molar-refractivity contribution in [3.05, 3.63) is 51.5 Å². The molecule has 2 aromatic rings. The van der Waals surface area contributed by atoms with Crippen LogP contribution >= 0.6 is 11.3 Å². The van der Waals surface area contributed by atoms with E-state index in [0.717, 1.165) is 30.0 Å². The summed E-state index contributed by atoms with van der Waals surface area (Å²) in [6.07, 6.45) is 2.00. The lowest BCUT2D eigenvalue weighted by Crippen LogP contribution is -2.26. The number of ether oxygens (including phenoxy) is 1. The molecule has 0 unspecified atom stereocenters. The summed E-state index contributed by atoms with van der Waals surface area (Å²) >= 11 is 1.46. The van der Waals surface area contributed by atoms with Crippen LogP contribution in [0.15, 0.2) is 29.6 Å². The molecule has 1 aliphatic rings. The first-order chi connectivity index (χ1) is 11.5. The van der Waals surface area contributed by atoms with Gasteiger partial charge in [-0.25, -0.2) is 9.78 Å². The third kappa shape index (κ3) is 3.63. The molecule has 0 spiro atoms. The lowest BCUT2D eigenvalue weighted by molar-refractivity contribution is 0.0695. The molecule has 126 valence electrons. The van der Waals surface area contributed by atoms with Gasteiger partial charge >= 0.3 is 5.97 Å². The highest BCUT2D eigenvalue weighted by atomic mass is 32.1. The van der Waals surface area contributed by atoms with Crippen molar-refractivity contribution < 1.29 is 19.4 Å². The number of hydrogen-bond acceptors (Lipinski definition) is 5. The van der Waals surface area contributed by atoms with E-state index in [4.69, 9.17) is 9.84 Å². The Labute approximate surface area is 143 Å². The highest BCUT2D eigenvalue weighted by Gasteiger charge is 2.23. The second kappa shape index (κ2) is 7.11. The van der Waals surface area contributed by atoms with Gasteiger partial charge in [0.25, 0.3) is 5.91 Å². The highest BCUT2D eigenvalue weighted by Crippen LogP contribution is 2.30. The number of aromatic carboxylic acids is 1. The number of thiazole rings is 1. The molecule has 1 fully saturated rings. The van der Waals surface area contributed by atoms with Crippen molar-refractivity contribution in [2.24, 2.45) is 0 Å². The summed E-state index contributed by atoms with van der Waals surface area (Å²) in [6.45, 7) is 1.14. The number of amides is 1. The minimum absolute atomic E-state index is 0.0189. The van der Waals surface area contributed by atoms with Gasteiger partial charge in [-0.3, -0.25) is 4.79 Å². The van der Waals surface area contributed by atoms with E-state index in [0.29, 0.717) is 12.2 Å². The van der Waals surface area contributed by atoms with Crippen molar-refractivity contribution in [2.45, 2.75) is 25.5 Å². The first kappa shape index (κ1) is 16.6. The van der Waals surface area contributed by atoms with Gasteiger partial charge in [0.2, 0.25) is 0 Å². The van der Waals surface area contributed by atoms with Crippen LogP contribution in [0.25, 0.3) is 0 Å². The molecule has 0 aliphatic carbocycles. The minimum atomic E-state index is -0.963. The van der Waals surface area contributed by atoms with Gasteiger partial charge in [-0.2, -0.15) is 0 Å². The summed E-state index contributed by atoms with van der Waals surface area (Å²) in [6, 6.07) is 6.50. The van der Waals surface area contributed by atoms with Gasteiger partial charge in [0.15, 0.2) is 0 Å². The lowest BCUT2D eigenvalue weighted by Gasteiger charge is -2.16. The Morgan fingerprint density at radius 3 is 2.75 bits per heavy atom. The molecule has 2 heterocycles. The fourth-order valence-corrected chi connectivity index (χ4v) is 3.47. The predicted octanol–water partition coefficient (Wildman–Crippen LogP) is 2.97. The van der Waals surface area contributed by atoms with E-state index in [2.05, 4.69) is 4.98 Å². The predicted molar refractivity (Wildman–Crippen MR) is 89.2 cm³/mol. The fraction of sp³-hybridized carbons (Fsp3) is 0.353. The first-order valence-electron chi connectivity index (χ1n) is 7.69. The van der Waals surface area contributed by atoms with Gasteiger partial charge in [0.05, 0.1) is 5.56 Å². The molecule has 1 aromatic heterocycles. The molecule has 1 aliphatic heterocycles. The van der Waals surface area contributed by atoms with Crippen LogP contribution in [0.4, 0.5) is 0 Å². The quantitative estimate of drug-likeness (QED) is 0.900. The number of carbonyl (C=O) groups is 2. The van der Waals surface area contributed by atoms with Gasteiger partial charge in [0, 0.05) is 25.6 Å². The Morgan fingerprint density at radius 2 is 2.12 bits per heavy atom. The SMILES string of the molecule is CN(Cc1ccc(C(=O)O)cc1)C(=O)c1csc([C@@H]2CCCO2)n1. The first-order valence-corrected chi connectivity index (χ1v) is 8.57. The van der Waals surface area contributed by atoms with E-state index >= 15 is 0 Å². The van der Waals surface area contributed by atoms with E-state index in [1.807, 2.05) is 0 Å². The van der Waals surface area contributed by atoms with Gasteiger partial charge in [0.1, 0.15) is 16.8 Å². The van der Waals surface area contributed by atoms with Crippen molar-refractivity contribution >= 4 is 23.2 Å². The Bertz CT molecular complexity index is 735. The summed E-state index contributed by atoms with van der Waals surface area (Å²) in [5, 5.41) is 11.5. The largest absolute Gasteiger partial charge is 0.478 e. The van der Waals surface area contributed by atoms with Crippen LogP contribution < -0.4 is 0 Å². The van der Waals surface area contributed by atoms with Crippen molar-refractivity contribution in [3.63, 3.8) is 0 Å². The number of carbonyl (C=O) groups excluding carboxylic acids is 1. The minimum Gasteiger partial charge on any atom is -0.478 e. The summed E-state index contributed by atoms with van der Waals surface area (Å²) in [5.41, 5.74) is 1.52. The van der Waals surface area contributed by atoms with Crippen molar-refractivity contribution in [1.82, 2.24) is 9.88 Å². The van der Waals surface area contributed by atoms with Crippen molar-refractivity contribution in [3.8, 4) is 0 Å². The monoisotopic (exact) mass is 346 g/mol. The zero-order valence-electron chi connectivity index (χ0n) is 13.3. The normalized spacial score (nSPS) is 17.0. The molecule has 1 N–H and O–H groups in total. The number of carboxylic acid groups (broad SMARTS) is 1. The van der Waals surface area contributed by atoms with Gasteiger partial charge in [-0.1, -0.05) is 12.1 Å². The standard InChI is InChI=1S/C17H18N2O4S/c1-19(9-11-4-6-12(7-5-11)17(21)22)16(20)13-10-24-15(18-13)14-3-2-8-23-14/h4-7,10,14H,2-3,8-9H2,1H3,(H,21,22)/t14-/m0/s1. The van der Waals surface area contributed by atoms with Crippen LogP contribution in [0.2, 0.25) is 0 Å². The molecular formula is C17H18N2O4S. The van der Waals surface area contributed by atoms with Crippen LogP contribution in [0.5, 0.6) is 0 Å². The van der Waals surface area contributed by atoms with Crippen molar-refractivity contribution in [2.75, 3.05) is 13.7 Å². The van der Waals surface area contributed by atoms with E-state index in [9.17, 15) is 9.59 Å². The fourth-order valence-electron chi connectivity index (χ4n) is 2.60. The molecule has 6 nitrogen and oxygen atoms in total. The molecule has 3 rings (SSSR count). The maximum Gasteiger partial charge on any atom is 0.335 e. The lowest BCUT2D eigenvalue weighted by atomic mass is 10.1. The molecule has 1 aromatic carbocycles. The zero-order valence-corrected chi connectivity index (χ0v) is 14.1. The molecular weight excluding hydrogens is 328 g/mol. The molecule has 0 saturated carbocycles. The van der Waals surface area contributed by atoms with E-state index in [1.54, 1.807) is 29.5 Å². The van der Waals surface area contributed by atoms with Crippen LogP contribution in [0, 0.1) is 0 Å². The topological polar surface area (TPSA) is 79.7 Å². The number of hydrogen-bond donors (Lipinski definition) is 1. The number of benzene rings is 1. The molecule has 0 radical (unpaired) electrons. The molecule has 24 heavy (non-hydrogen) atoms. The average molecular weight is 346 g/mol. The third-order valence-electron chi connectivity index (χ3n) is 3.91. The number of rotatable bonds is 5. The number of aromatic nitrogens is 1. The summed E-state index contributed by atoms with van der Waals surface area (Å²) < 4.78 is 5.59. The second-order valence-corrected chi connectivity index (χ2v) is 6.63. The second-order valence-electron chi connectivity index (χ2n) is 5.74. The highest BCUT2D eigenvalue weighted by molar-refractivity contribution is 7.09. The van der Waals surface area contributed by atoms with Crippen LogP contribution in [-0.4, -0.2) is 40.5 Å². The molecule has 1 saturated heterocycles. The summed E-state index contributed by atoms with van der Waals surface area (Å²) in [4.78, 5) is 29.3. The van der Waals surface area contributed by atoms with E-state index < -0.39 is 5.97 Å². The molecule has 7 heteroatoms.